The van der Waals surface area contributed by atoms with Gasteiger partial charge >= 0.3 is 0 Å². The van der Waals surface area contributed by atoms with E-state index in [4.69, 9.17) is 4.74 Å². The molecule has 132 valence electrons. The van der Waals surface area contributed by atoms with Crippen LogP contribution in [0.5, 0.6) is 11.5 Å². The molecule has 1 N–H and O–H groups in total. The van der Waals surface area contributed by atoms with Crippen molar-refractivity contribution in [2.24, 2.45) is 5.10 Å². The molecule has 26 heavy (non-hydrogen) atoms. The minimum Gasteiger partial charge on any atom is -0.504 e. The van der Waals surface area contributed by atoms with Gasteiger partial charge < -0.3 is 9.84 Å². The number of rotatable bonds is 4. The van der Waals surface area contributed by atoms with Crippen LogP contribution in [0.2, 0.25) is 0 Å². The first-order valence-electron chi connectivity index (χ1n) is 8.03. The highest BCUT2D eigenvalue weighted by molar-refractivity contribution is 7.12. The van der Waals surface area contributed by atoms with E-state index in [2.05, 4.69) is 5.10 Å². The van der Waals surface area contributed by atoms with Gasteiger partial charge in [0.05, 0.1) is 28.6 Å². The van der Waals surface area contributed by atoms with Crippen LogP contribution in [0.25, 0.3) is 0 Å². The Bertz CT molecular complexity index is 949. The molecule has 0 bridgehead atoms. The fourth-order valence-corrected chi connectivity index (χ4v) is 4.39. The molecular weight excluding hydrogens is 368 g/mol. The maximum atomic E-state index is 13.0. The van der Waals surface area contributed by atoms with E-state index in [0.717, 1.165) is 10.6 Å². The maximum Gasteiger partial charge on any atom is 0.284 e. The zero-order valence-electron chi connectivity index (χ0n) is 14.0. The summed E-state index contributed by atoms with van der Waals surface area (Å²) in [5.74, 6) is 0.265. The van der Waals surface area contributed by atoms with Gasteiger partial charge in [-0.05, 0) is 29.0 Å². The second-order valence-corrected chi connectivity index (χ2v) is 7.66. The number of aromatic hydroxyl groups is 1. The molecule has 1 atom stereocenters. The molecule has 3 aromatic rings. The molecule has 4 rings (SSSR count). The van der Waals surface area contributed by atoms with Crippen molar-refractivity contribution < 1.29 is 14.6 Å². The van der Waals surface area contributed by atoms with E-state index in [1.165, 1.54) is 23.5 Å². The molecule has 0 radical (unpaired) electrons. The number of nitrogens with zero attached hydrogens (tertiary/aromatic N) is 2. The summed E-state index contributed by atoms with van der Waals surface area (Å²) in [6.45, 7) is 0. The van der Waals surface area contributed by atoms with Crippen molar-refractivity contribution in [2.45, 2.75) is 12.5 Å². The predicted octanol–water partition coefficient (Wildman–Crippen LogP) is 4.52. The average molecular weight is 384 g/mol. The fourth-order valence-electron chi connectivity index (χ4n) is 3.02. The van der Waals surface area contributed by atoms with E-state index in [0.29, 0.717) is 22.6 Å². The summed E-state index contributed by atoms with van der Waals surface area (Å²) in [7, 11) is 1.51. The van der Waals surface area contributed by atoms with Gasteiger partial charge in [0.25, 0.3) is 5.91 Å². The minimum absolute atomic E-state index is 0.0478. The smallest absolute Gasteiger partial charge is 0.284 e. The topological polar surface area (TPSA) is 62.1 Å². The Morgan fingerprint density at radius 1 is 1.19 bits per heavy atom. The highest BCUT2D eigenvalue weighted by atomic mass is 32.1. The molecule has 5 nitrogen and oxygen atoms in total. The van der Waals surface area contributed by atoms with Crippen LogP contribution in [-0.2, 0) is 0 Å². The zero-order valence-corrected chi connectivity index (χ0v) is 15.6. The number of hydrogen-bond acceptors (Lipinski definition) is 6. The number of thiophene rings is 2. The van der Waals surface area contributed by atoms with Crippen LogP contribution in [0.1, 0.15) is 32.6 Å². The van der Waals surface area contributed by atoms with Crippen LogP contribution < -0.4 is 4.74 Å². The van der Waals surface area contributed by atoms with Crippen molar-refractivity contribution in [1.29, 1.82) is 0 Å². The number of amides is 1. The largest absolute Gasteiger partial charge is 0.504 e. The van der Waals surface area contributed by atoms with Crippen molar-refractivity contribution in [1.82, 2.24) is 5.01 Å². The summed E-state index contributed by atoms with van der Waals surface area (Å²) in [5, 5.41) is 20.5. The van der Waals surface area contributed by atoms with Crippen molar-refractivity contribution >= 4 is 34.3 Å². The lowest BCUT2D eigenvalue weighted by molar-refractivity contribution is 0.0714. The van der Waals surface area contributed by atoms with Crippen molar-refractivity contribution in [3.63, 3.8) is 0 Å². The van der Waals surface area contributed by atoms with Crippen molar-refractivity contribution in [3.05, 3.63) is 68.5 Å². The normalized spacial score (nSPS) is 16.6. The average Bonchev–Trinajstić information content (AvgIpc) is 3.42. The second-order valence-electron chi connectivity index (χ2n) is 5.77. The molecule has 0 unspecified atom stereocenters. The molecular formula is C19H16N2O3S2. The Kier molecular flexibility index (Phi) is 4.48. The fraction of sp³-hybridized carbons (Fsp3) is 0.158. The zero-order chi connectivity index (χ0) is 18.1. The first-order chi connectivity index (χ1) is 12.7. The van der Waals surface area contributed by atoms with E-state index < -0.39 is 0 Å². The van der Waals surface area contributed by atoms with Gasteiger partial charge in [-0.15, -0.1) is 22.7 Å². The lowest BCUT2D eigenvalue weighted by atomic mass is 9.99. The number of carbonyl (C=O) groups is 1. The minimum atomic E-state index is -0.378. The summed E-state index contributed by atoms with van der Waals surface area (Å²) >= 11 is 2.97. The van der Waals surface area contributed by atoms with Gasteiger partial charge in [-0.2, -0.15) is 5.10 Å². The monoisotopic (exact) mass is 384 g/mol. The molecule has 1 aliphatic rings. The Morgan fingerprint density at radius 3 is 2.69 bits per heavy atom. The lowest BCUT2D eigenvalue weighted by Gasteiger charge is -2.22. The Morgan fingerprint density at radius 2 is 2.00 bits per heavy atom. The third-order valence-electron chi connectivity index (χ3n) is 4.27. The molecule has 0 fully saturated rings. The third kappa shape index (κ3) is 2.89. The Balaban J connectivity index is 1.76. The Labute approximate surface area is 158 Å². The number of ether oxygens (including phenoxy) is 1. The maximum absolute atomic E-state index is 13.0. The van der Waals surface area contributed by atoms with Crippen LogP contribution in [-0.4, -0.2) is 28.8 Å². The first kappa shape index (κ1) is 16.8. The molecule has 1 amide bonds. The number of carbonyl (C=O) groups excluding carboxylic acids is 1. The highest BCUT2D eigenvalue weighted by Crippen LogP contribution is 2.42. The number of hydrogen-bond donors (Lipinski definition) is 1. The number of para-hydroxylation sites is 1. The molecule has 0 aliphatic carbocycles. The molecule has 1 aromatic carbocycles. The molecule has 7 heteroatoms. The summed E-state index contributed by atoms with van der Waals surface area (Å²) in [6.07, 6.45) is 0.540. The van der Waals surface area contributed by atoms with Gasteiger partial charge in [-0.1, -0.05) is 24.3 Å². The molecule has 1 aliphatic heterocycles. The molecule has 0 saturated heterocycles. The molecule has 3 heterocycles. The number of hydrazone groups is 1. The quantitative estimate of drug-likeness (QED) is 0.720. The second kappa shape index (κ2) is 6.93. The third-order valence-corrected chi connectivity index (χ3v) is 6.04. The van der Waals surface area contributed by atoms with Gasteiger partial charge in [0.1, 0.15) is 0 Å². The van der Waals surface area contributed by atoms with Crippen LogP contribution in [0.15, 0.2) is 58.3 Å². The number of phenolic OH excluding ortho intramolecular Hbond substituents is 1. The lowest BCUT2D eigenvalue weighted by Crippen LogP contribution is -2.26. The standard InChI is InChI=1S/C19H16N2O3S2/c1-24-15-6-2-5-12(18(15)22)14-11-13(16-7-3-9-25-16)20-21(14)19(23)17-8-4-10-26-17/h2-10,14,22H,11H2,1H3/t14-/m1/s1. The van der Waals surface area contributed by atoms with E-state index in [-0.39, 0.29) is 17.7 Å². The molecule has 0 saturated carbocycles. The van der Waals surface area contributed by atoms with Crippen LogP contribution >= 0.6 is 22.7 Å². The molecule has 2 aromatic heterocycles. The van der Waals surface area contributed by atoms with Crippen LogP contribution in [0, 0.1) is 0 Å². The predicted molar refractivity (Wildman–Crippen MR) is 103 cm³/mol. The number of methoxy groups -OCH3 is 1. The summed E-state index contributed by atoms with van der Waals surface area (Å²) in [5.41, 5.74) is 1.47. The Hall–Kier alpha value is -2.64. The van der Waals surface area contributed by atoms with E-state index in [9.17, 15) is 9.90 Å². The van der Waals surface area contributed by atoms with Crippen LogP contribution in [0.3, 0.4) is 0 Å². The van der Waals surface area contributed by atoms with E-state index >= 15 is 0 Å². The van der Waals surface area contributed by atoms with E-state index in [1.54, 1.807) is 23.5 Å². The SMILES string of the molecule is COc1cccc([C@H]2CC(c3cccs3)=NN2C(=O)c2cccs2)c1O. The number of benzene rings is 1. The molecule has 0 spiro atoms. The van der Waals surface area contributed by atoms with Gasteiger partial charge in [-0.25, -0.2) is 5.01 Å². The van der Waals surface area contributed by atoms with Crippen molar-refractivity contribution in [2.75, 3.05) is 7.11 Å². The summed E-state index contributed by atoms with van der Waals surface area (Å²) in [6, 6.07) is 12.5. The first-order valence-corrected chi connectivity index (χ1v) is 9.79. The van der Waals surface area contributed by atoms with Gasteiger partial charge in [-0.3, -0.25) is 4.79 Å². The number of phenols is 1. The summed E-state index contributed by atoms with van der Waals surface area (Å²) in [4.78, 5) is 14.6. The van der Waals surface area contributed by atoms with E-state index in [1.807, 2.05) is 41.1 Å². The van der Waals surface area contributed by atoms with Gasteiger partial charge in [0.15, 0.2) is 11.5 Å². The summed E-state index contributed by atoms with van der Waals surface area (Å²) < 4.78 is 5.23. The van der Waals surface area contributed by atoms with Crippen LogP contribution in [0.4, 0.5) is 0 Å². The van der Waals surface area contributed by atoms with Gasteiger partial charge in [0, 0.05) is 12.0 Å². The van der Waals surface area contributed by atoms with Crippen molar-refractivity contribution in [3.8, 4) is 11.5 Å². The highest BCUT2D eigenvalue weighted by Gasteiger charge is 2.36. The van der Waals surface area contributed by atoms with Gasteiger partial charge in [0.2, 0.25) is 0 Å².